The second-order valence-corrected chi connectivity index (χ2v) is 9.63. The zero-order valence-corrected chi connectivity index (χ0v) is 23.0. The number of carboxylic acid groups (broad SMARTS) is 1. The van der Waals surface area contributed by atoms with Crippen LogP contribution in [0, 0.1) is 18.6 Å². The van der Waals surface area contributed by atoms with E-state index in [1.54, 1.807) is 19.1 Å². The summed E-state index contributed by atoms with van der Waals surface area (Å²) < 4.78 is 79.4. The Balaban J connectivity index is 1.74. The Labute approximate surface area is 242 Å². The van der Waals surface area contributed by atoms with Gasteiger partial charge in [0.1, 0.15) is 23.2 Å². The number of rotatable bonds is 9. The van der Waals surface area contributed by atoms with Gasteiger partial charge in [-0.05, 0) is 58.7 Å². The molecule has 0 saturated carbocycles. The van der Waals surface area contributed by atoms with Crippen LogP contribution in [0.3, 0.4) is 0 Å². The number of aryl methyl sites for hydroxylation is 1. The molecule has 4 aromatic rings. The van der Waals surface area contributed by atoms with Crippen LogP contribution >= 0.6 is 15.9 Å². The molecule has 0 aliphatic heterocycles. The zero-order chi connectivity index (χ0) is 30.8. The smallest absolute Gasteiger partial charge is 0.416 e. The Morgan fingerprint density at radius 1 is 1.12 bits per heavy atom. The number of hydrogen-bond acceptors (Lipinski definition) is 7. The fourth-order valence-corrected chi connectivity index (χ4v) is 4.32. The summed E-state index contributed by atoms with van der Waals surface area (Å²) in [4.78, 5) is 32.8. The average Bonchev–Trinajstić information content (AvgIpc) is 3.31. The predicted molar refractivity (Wildman–Crippen MR) is 138 cm³/mol. The van der Waals surface area contributed by atoms with E-state index in [1.807, 2.05) is 0 Å². The number of pyridine rings is 1. The summed E-state index contributed by atoms with van der Waals surface area (Å²) in [6, 6.07) is 8.79. The SMILES string of the molecule is Cc1ccc(CN(CC(Oc2ccc(F)c(C(N)=O)c2F)c2nc(-c3ccc(C(F)(F)F)cc3)c(Br)o2)C(=O)[O-])cn1. The summed E-state index contributed by atoms with van der Waals surface area (Å²) in [6.45, 7) is 0.899. The summed E-state index contributed by atoms with van der Waals surface area (Å²) >= 11 is 3.13. The molecule has 0 aliphatic carbocycles. The summed E-state index contributed by atoms with van der Waals surface area (Å²) in [5.74, 6) is -5.15. The maximum Gasteiger partial charge on any atom is 0.416 e. The average molecular weight is 654 g/mol. The molecule has 15 heteroatoms. The molecule has 2 aromatic heterocycles. The van der Waals surface area contributed by atoms with Crippen molar-refractivity contribution in [3.05, 3.63) is 99.3 Å². The molecular formula is C27H19BrF5N4O5-. The van der Waals surface area contributed by atoms with Crippen LogP contribution in [0.15, 0.2) is 63.8 Å². The minimum Gasteiger partial charge on any atom is -0.530 e. The lowest BCUT2D eigenvalue weighted by Gasteiger charge is -2.29. The monoisotopic (exact) mass is 653 g/mol. The van der Waals surface area contributed by atoms with Crippen molar-refractivity contribution in [3.63, 3.8) is 0 Å². The van der Waals surface area contributed by atoms with Crippen molar-refractivity contribution in [1.82, 2.24) is 14.9 Å². The van der Waals surface area contributed by atoms with E-state index < -0.39 is 59.3 Å². The highest BCUT2D eigenvalue weighted by atomic mass is 79.9. The number of hydrogen-bond donors (Lipinski definition) is 1. The fraction of sp³-hybridized carbons (Fsp3) is 0.185. The minimum atomic E-state index is -4.58. The number of amides is 2. The van der Waals surface area contributed by atoms with Crippen molar-refractivity contribution in [2.75, 3.05) is 6.54 Å². The van der Waals surface area contributed by atoms with Crippen LogP contribution in [0.4, 0.5) is 26.7 Å². The van der Waals surface area contributed by atoms with Crippen LogP contribution in [0.2, 0.25) is 0 Å². The number of oxazole rings is 1. The standard InChI is InChI=1S/C27H20BrF5N4O5/c1-13-2-3-14(10-35-13)11-37(26(39)40)12-19(41-18-9-8-17(29)20(21(18)30)24(34)38)25-36-22(23(28)42-25)15-4-6-16(7-5-15)27(31,32)33/h2-10,19H,11-12H2,1H3,(H2,34,38)(H,39,40)/p-1. The molecule has 0 fully saturated rings. The molecule has 2 amide bonds. The number of carbonyl (C=O) groups is 2. The predicted octanol–water partition coefficient (Wildman–Crippen LogP) is 5.17. The van der Waals surface area contributed by atoms with E-state index in [4.69, 9.17) is 14.9 Å². The summed E-state index contributed by atoms with van der Waals surface area (Å²) in [5.41, 5.74) is 4.45. The molecular weight excluding hydrogens is 635 g/mol. The topological polar surface area (TPSA) is 135 Å². The number of aromatic nitrogens is 2. The number of carbonyl (C=O) groups excluding carboxylic acids is 2. The van der Waals surface area contributed by atoms with Gasteiger partial charge in [-0.3, -0.25) is 9.78 Å². The second-order valence-electron chi connectivity index (χ2n) is 8.91. The van der Waals surface area contributed by atoms with Gasteiger partial charge in [0.05, 0.1) is 12.1 Å². The fourth-order valence-electron chi connectivity index (χ4n) is 3.84. The summed E-state index contributed by atoms with van der Waals surface area (Å²) in [5, 5.41) is 12.1. The lowest BCUT2D eigenvalue weighted by Crippen LogP contribution is -2.43. The second kappa shape index (κ2) is 12.1. The van der Waals surface area contributed by atoms with Gasteiger partial charge in [0.2, 0.25) is 5.89 Å². The highest BCUT2D eigenvalue weighted by Crippen LogP contribution is 2.36. The highest BCUT2D eigenvalue weighted by molar-refractivity contribution is 9.10. The third kappa shape index (κ3) is 6.84. The van der Waals surface area contributed by atoms with Gasteiger partial charge in [-0.2, -0.15) is 13.2 Å². The Hall–Kier alpha value is -4.53. The molecule has 0 bridgehead atoms. The van der Waals surface area contributed by atoms with E-state index in [-0.39, 0.29) is 28.4 Å². The number of nitrogens with two attached hydrogens (primary N) is 1. The molecule has 42 heavy (non-hydrogen) atoms. The number of alkyl halides is 3. The minimum absolute atomic E-state index is 0.0208. The molecule has 0 spiro atoms. The Kier molecular flexibility index (Phi) is 8.80. The zero-order valence-electron chi connectivity index (χ0n) is 21.4. The maximum atomic E-state index is 15.1. The highest BCUT2D eigenvalue weighted by Gasteiger charge is 2.31. The number of halogens is 6. The van der Waals surface area contributed by atoms with Gasteiger partial charge in [-0.25, -0.2) is 13.8 Å². The largest absolute Gasteiger partial charge is 0.530 e. The van der Waals surface area contributed by atoms with E-state index in [0.717, 1.165) is 41.3 Å². The molecule has 0 aliphatic rings. The third-order valence-electron chi connectivity index (χ3n) is 5.93. The van der Waals surface area contributed by atoms with Gasteiger partial charge < -0.3 is 29.7 Å². The van der Waals surface area contributed by atoms with Crippen LogP contribution in [-0.2, 0) is 12.7 Å². The van der Waals surface area contributed by atoms with Crippen molar-refractivity contribution in [2.45, 2.75) is 25.7 Å². The van der Waals surface area contributed by atoms with Crippen LogP contribution in [-0.4, -0.2) is 33.4 Å². The Morgan fingerprint density at radius 2 is 1.81 bits per heavy atom. The van der Waals surface area contributed by atoms with Crippen molar-refractivity contribution in [1.29, 1.82) is 0 Å². The molecule has 0 saturated heterocycles. The van der Waals surface area contributed by atoms with E-state index in [2.05, 4.69) is 25.9 Å². The van der Waals surface area contributed by atoms with E-state index >= 15 is 4.39 Å². The molecule has 1 atom stereocenters. The number of primary amides is 1. The van der Waals surface area contributed by atoms with E-state index in [9.17, 15) is 32.3 Å². The molecule has 4 rings (SSSR count). The molecule has 2 heterocycles. The van der Waals surface area contributed by atoms with Crippen LogP contribution in [0.1, 0.15) is 39.2 Å². The van der Waals surface area contributed by atoms with Gasteiger partial charge in [-0.15, -0.1) is 0 Å². The summed E-state index contributed by atoms with van der Waals surface area (Å²) in [7, 11) is 0. The first kappa shape index (κ1) is 30.4. The van der Waals surface area contributed by atoms with Gasteiger partial charge in [0.25, 0.3) is 5.91 Å². The van der Waals surface area contributed by atoms with Crippen LogP contribution in [0.25, 0.3) is 11.3 Å². The Morgan fingerprint density at radius 3 is 2.38 bits per heavy atom. The summed E-state index contributed by atoms with van der Waals surface area (Å²) in [6.07, 6.45) is -6.34. The number of benzene rings is 2. The molecule has 220 valence electrons. The van der Waals surface area contributed by atoms with Gasteiger partial charge >= 0.3 is 6.18 Å². The molecule has 2 aromatic carbocycles. The first-order valence-electron chi connectivity index (χ1n) is 11.9. The molecule has 2 N–H and O–H groups in total. The third-order valence-corrected chi connectivity index (χ3v) is 6.46. The van der Waals surface area contributed by atoms with Crippen molar-refractivity contribution in [3.8, 4) is 17.0 Å². The van der Waals surface area contributed by atoms with Gasteiger partial charge in [0, 0.05) is 24.0 Å². The first-order valence-corrected chi connectivity index (χ1v) is 12.7. The van der Waals surface area contributed by atoms with Crippen LogP contribution < -0.4 is 15.6 Å². The Bertz CT molecular complexity index is 1610. The van der Waals surface area contributed by atoms with Gasteiger partial charge in [-0.1, -0.05) is 18.2 Å². The molecule has 9 nitrogen and oxygen atoms in total. The number of nitrogens with zero attached hydrogens (tertiary/aromatic N) is 3. The number of ether oxygens (including phenoxy) is 1. The van der Waals surface area contributed by atoms with Crippen molar-refractivity contribution >= 4 is 27.9 Å². The molecule has 1 unspecified atom stereocenters. The quantitative estimate of drug-likeness (QED) is 0.246. The lowest BCUT2D eigenvalue weighted by molar-refractivity contribution is -0.267. The molecule has 0 radical (unpaired) electrons. The van der Waals surface area contributed by atoms with Crippen LogP contribution in [0.5, 0.6) is 5.75 Å². The van der Waals surface area contributed by atoms with Crippen molar-refractivity contribution < 1.29 is 45.8 Å². The van der Waals surface area contributed by atoms with E-state index in [0.29, 0.717) is 11.3 Å². The normalized spacial score (nSPS) is 12.2. The van der Waals surface area contributed by atoms with Crippen molar-refractivity contribution in [2.24, 2.45) is 5.73 Å². The van der Waals surface area contributed by atoms with E-state index in [1.165, 1.54) is 6.20 Å². The maximum absolute atomic E-state index is 15.1. The first-order chi connectivity index (χ1) is 19.7. The lowest BCUT2D eigenvalue weighted by atomic mass is 10.1. The van der Waals surface area contributed by atoms with Gasteiger partial charge in [0.15, 0.2) is 22.3 Å².